The van der Waals surface area contributed by atoms with E-state index in [1.807, 2.05) is 0 Å². The van der Waals surface area contributed by atoms with E-state index in [0.29, 0.717) is 28.1 Å². The summed E-state index contributed by atoms with van der Waals surface area (Å²) in [4.78, 5) is 7.15. The summed E-state index contributed by atoms with van der Waals surface area (Å²) in [5, 5.41) is 8.03. The van der Waals surface area contributed by atoms with Crippen LogP contribution in [0, 0.1) is 28.0 Å². The molecule has 29 heavy (non-hydrogen) atoms. The molecule has 1 atom stereocenters. The largest absolute Gasteiger partial charge is 0.384 e. The zero-order valence-electron chi connectivity index (χ0n) is 18.0. The van der Waals surface area contributed by atoms with Gasteiger partial charge >= 0.3 is 0 Å². The third-order valence-electron chi connectivity index (χ3n) is 6.44. The van der Waals surface area contributed by atoms with Crippen molar-refractivity contribution in [1.82, 2.24) is 4.90 Å². The van der Waals surface area contributed by atoms with Gasteiger partial charge in [0.15, 0.2) is 0 Å². The summed E-state index contributed by atoms with van der Waals surface area (Å²) < 4.78 is 13.3. The molecule has 3 rings (SSSR count). The Hall–Kier alpha value is -2.01. The van der Waals surface area contributed by atoms with Crippen molar-refractivity contribution in [3.05, 3.63) is 47.8 Å². The van der Waals surface area contributed by atoms with Gasteiger partial charge in [0, 0.05) is 12.1 Å². The van der Waals surface area contributed by atoms with Crippen molar-refractivity contribution >= 4 is 11.5 Å². The predicted molar refractivity (Wildman–Crippen MR) is 119 cm³/mol. The topological polar surface area (TPSA) is 65.5 Å². The van der Waals surface area contributed by atoms with Gasteiger partial charge in [-0.1, -0.05) is 32.9 Å². The van der Waals surface area contributed by atoms with Crippen LogP contribution in [0.5, 0.6) is 0 Å². The number of hydrogen-bond acceptors (Lipinski definition) is 3. The molecule has 4 nitrogen and oxygen atoms in total. The van der Waals surface area contributed by atoms with E-state index < -0.39 is 0 Å². The number of allylic oxidation sites excluding steroid dienone is 1. The molecule has 1 saturated carbocycles. The van der Waals surface area contributed by atoms with E-state index in [0.717, 1.165) is 6.54 Å². The van der Waals surface area contributed by atoms with Crippen LogP contribution in [-0.2, 0) is 0 Å². The number of nitrogens with one attached hydrogen (secondary N) is 1. The average molecular weight is 399 g/mol. The summed E-state index contributed by atoms with van der Waals surface area (Å²) in [5.41, 5.74) is 7.67. The minimum atomic E-state index is -0.342. The Morgan fingerprint density at radius 2 is 2.03 bits per heavy atom. The Morgan fingerprint density at radius 1 is 1.31 bits per heavy atom. The predicted octanol–water partition coefficient (Wildman–Crippen LogP) is 4.65. The molecule has 0 radical (unpaired) electrons. The third-order valence-corrected chi connectivity index (χ3v) is 6.44. The van der Waals surface area contributed by atoms with Crippen LogP contribution in [0.3, 0.4) is 0 Å². The number of amidine groups is 1. The van der Waals surface area contributed by atoms with E-state index in [4.69, 9.17) is 11.1 Å². The van der Waals surface area contributed by atoms with Gasteiger partial charge < -0.3 is 16.0 Å². The minimum Gasteiger partial charge on any atom is -0.384 e. The molecule has 0 amide bonds. The van der Waals surface area contributed by atoms with Crippen LogP contribution < -0.4 is 5.73 Å². The van der Waals surface area contributed by atoms with E-state index in [1.54, 1.807) is 24.3 Å². The second-order valence-electron chi connectivity index (χ2n) is 9.94. The molecule has 158 valence electrons. The Kier molecular flexibility index (Phi) is 6.57. The van der Waals surface area contributed by atoms with Crippen molar-refractivity contribution in [1.29, 1.82) is 5.41 Å². The van der Waals surface area contributed by atoms with Crippen molar-refractivity contribution in [2.24, 2.45) is 27.5 Å². The number of nitrogens with zero attached hydrogens (tertiary/aromatic N) is 2. The van der Waals surface area contributed by atoms with Crippen LogP contribution in [0.1, 0.15) is 52.0 Å². The van der Waals surface area contributed by atoms with Gasteiger partial charge in [-0.2, -0.15) is 0 Å². The molecule has 1 aromatic carbocycles. The van der Waals surface area contributed by atoms with Gasteiger partial charge in [0.1, 0.15) is 11.7 Å². The maximum absolute atomic E-state index is 13.3. The first-order valence-electron chi connectivity index (χ1n) is 10.7. The summed E-state index contributed by atoms with van der Waals surface area (Å²) in [6.45, 7) is 11.3. The molecule has 0 aromatic heterocycles. The lowest BCUT2D eigenvalue weighted by molar-refractivity contribution is 0.146. The Balaban J connectivity index is 1.43. The first-order chi connectivity index (χ1) is 13.7. The standard InChI is InChI=1S/C24H35FN4/c1-23(2,3)9-12-29-13-10-24(11-14-29)16-19(24)17-28-22(27)8-7-21(26)18-5-4-6-20(25)15-18/h4-8,15,19,26H,9-14,16-17H2,1-3H3,(H2,27,28)/b8-7-,26-21?. The third kappa shape index (κ3) is 6.23. The number of piperidine rings is 1. The van der Waals surface area contributed by atoms with Crippen LogP contribution in [0.2, 0.25) is 0 Å². The zero-order valence-corrected chi connectivity index (χ0v) is 18.0. The van der Waals surface area contributed by atoms with Crippen LogP contribution in [0.15, 0.2) is 41.4 Å². The second-order valence-corrected chi connectivity index (χ2v) is 9.94. The van der Waals surface area contributed by atoms with Crippen molar-refractivity contribution in [3.8, 4) is 0 Å². The zero-order chi connectivity index (χ0) is 21.1. The molecule has 2 aliphatic rings. The van der Waals surface area contributed by atoms with Gasteiger partial charge in [-0.15, -0.1) is 0 Å². The fraction of sp³-hybridized carbons (Fsp3) is 0.583. The molecule has 1 aliphatic carbocycles. The summed E-state index contributed by atoms with van der Waals surface area (Å²) in [6, 6.07) is 6.04. The first kappa shape index (κ1) is 21.7. The minimum absolute atomic E-state index is 0.230. The molecular weight excluding hydrogens is 363 g/mol. The van der Waals surface area contributed by atoms with Crippen molar-refractivity contribution < 1.29 is 4.39 Å². The molecule has 1 saturated heterocycles. The molecule has 1 heterocycles. The van der Waals surface area contributed by atoms with Crippen molar-refractivity contribution in [3.63, 3.8) is 0 Å². The highest BCUT2D eigenvalue weighted by atomic mass is 19.1. The highest BCUT2D eigenvalue weighted by Gasteiger charge is 2.54. The summed E-state index contributed by atoms with van der Waals surface area (Å²) in [5.74, 6) is 0.739. The number of aliphatic imine (C=N–C) groups is 1. The molecule has 1 aliphatic heterocycles. The number of nitrogens with two attached hydrogens (primary N) is 1. The Labute approximate surface area is 174 Å². The van der Waals surface area contributed by atoms with Gasteiger partial charge in [0.2, 0.25) is 0 Å². The average Bonchev–Trinajstić information content (AvgIpc) is 3.35. The van der Waals surface area contributed by atoms with Crippen LogP contribution in [-0.4, -0.2) is 42.6 Å². The first-order valence-corrected chi connectivity index (χ1v) is 10.7. The lowest BCUT2D eigenvalue weighted by Crippen LogP contribution is -2.37. The lowest BCUT2D eigenvalue weighted by Gasteiger charge is -2.34. The van der Waals surface area contributed by atoms with E-state index in [2.05, 4.69) is 30.7 Å². The van der Waals surface area contributed by atoms with E-state index in [1.165, 1.54) is 57.5 Å². The number of benzene rings is 1. The van der Waals surface area contributed by atoms with Crippen LogP contribution >= 0.6 is 0 Å². The maximum Gasteiger partial charge on any atom is 0.123 e. The molecule has 1 aromatic rings. The summed E-state index contributed by atoms with van der Waals surface area (Å²) in [7, 11) is 0. The lowest BCUT2D eigenvalue weighted by atomic mass is 9.88. The molecular formula is C24H35FN4. The van der Waals surface area contributed by atoms with Crippen LogP contribution in [0.4, 0.5) is 4.39 Å². The van der Waals surface area contributed by atoms with Crippen molar-refractivity contribution in [2.75, 3.05) is 26.2 Å². The molecule has 1 spiro atoms. The van der Waals surface area contributed by atoms with E-state index >= 15 is 0 Å². The van der Waals surface area contributed by atoms with Gasteiger partial charge in [0.25, 0.3) is 0 Å². The highest BCUT2D eigenvalue weighted by molar-refractivity contribution is 6.09. The van der Waals surface area contributed by atoms with Gasteiger partial charge in [0.05, 0.1) is 5.71 Å². The normalized spacial score (nSPS) is 22.3. The van der Waals surface area contributed by atoms with E-state index in [-0.39, 0.29) is 11.5 Å². The molecule has 0 bridgehead atoms. The fourth-order valence-corrected chi connectivity index (χ4v) is 4.21. The second kappa shape index (κ2) is 8.78. The molecule has 2 fully saturated rings. The number of likely N-dealkylation sites (tertiary alicyclic amines) is 1. The smallest absolute Gasteiger partial charge is 0.123 e. The molecule has 3 N–H and O–H groups in total. The highest BCUT2D eigenvalue weighted by Crippen LogP contribution is 2.59. The molecule has 5 heteroatoms. The maximum atomic E-state index is 13.3. The SMILES string of the molecule is CC(C)(C)CCN1CCC2(CC1)CC2CN=C(N)/C=C\C(=N)c1cccc(F)c1. The van der Waals surface area contributed by atoms with Gasteiger partial charge in [-0.3, -0.25) is 4.99 Å². The Bertz CT molecular complexity index is 782. The van der Waals surface area contributed by atoms with Gasteiger partial charge in [-0.25, -0.2) is 4.39 Å². The summed E-state index contributed by atoms with van der Waals surface area (Å²) >= 11 is 0. The number of halogens is 1. The number of rotatable bonds is 7. The summed E-state index contributed by atoms with van der Waals surface area (Å²) in [6.07, 6.45) is 8.30. The molecule has 1 unspecified atom stereocenters. The fourth-order valence-electron chi connectivity index (χ4n) is 4.21. The van der Waals surface area contributed by atoms with E-state index in [9.17, 15) is 4.39 Å². The number of hydrogen-bond donors (Lipinski definition) is 2. The quantitative estimate of drug-likeness (QED) is 0.519. The Morgan fingerprint density at radius 3 is 2.69 bits per heavy atom. The van der Waals surface area contributed by atoms with Crippen LogP contribution in [0.25, 0.3) is 0 Å². The van der Waals surface area contributed by atoms with Gasteiger partial charge in [-0.05, 0) is 86.4 Å². The van der Waals surface area contributed by atoms with Crippen molar-refractivity contribution in [2.45, 2.75) is 46.5 Å². The monoisotopic (exact) mass is 398 g/mol.